The first-order chi connectivity index (χ1) is 10.3. The molecule has 0 bridgehead atoms. The molecule has 1 aromatic carbocycles. The summed E-state index contributed by atoms with van der Waals surface area (Å²) in [5.74, 6) is 0.00922. The lowest BCUT2D eigenvalue weighted by molar-refractivity contribution is 0.0297. The van der Waals surface area contributed by atoms with Gasteiger partial charge in [0.2, 0.25) is 0 Å². The van der Waals surface area contributed by atoms with Gasteiger partial charge in [0.1, 0.15) is 5.69 Å². The molecule has 110 valence electrons. The molecule has 2 aromatic rings. The lowest BCUT2D eigenvalue weighted by Crippen LogP contribution is -2.41. The largest absolute Gasteiger partial charge is 0.378 e. The van der Waals surface area contributed by atoms with Crippen molar-refractivity contribution < 1.29 is 9.53 Å². The highest BCUT2D eigenvalue weighted by Gasteiger charge is 2.24. The van der Waals surface area contributed by atoms with Crippen LogP contribution in [0.2, 0.25) is 0 Å². The highest BCUT2D eigenvalue weighted by atomic mass is 32.2. The number of amides is 1. The van der Waals surface area contributed by atoms with Gasteiger partial charge in [-0.3, -0.25) is 9.36 Å². The van der Waals surface area contributed by atoms with Crippen LogP contribution in [-0.2, 0) is 4.74 Å². The molecular weight excluding hydrogens is 286 g/mol. The van der Waals surface area contributed by atoms with Crippen molar-refractivity contribution in [2.45, 2.75) is 5.16 Å². The van der Waals surface area contributed by atoms with Gasteiger partial charge in [0.05, 0.1) is 19.4 Å². The Kier molecular flexibility index (Phi) is 4.26. The number of imidazole rings is 1. The zero-order valence-corrected chi connectivity index (χ0v) is 12.7. The summed E-state index contributed by atoms with van der Waals surface area (Å²) in [6.07, 6.45) is 3.63. The number of carbonyl (C=O) groups is 1. The Hall–Kier alpha value is -1.79. The summed E-state index contributed by atoms with van der Waals surface area (Å²) in [6.45, 7) is 2.46. The lowest BCUT2D eigenvalue weighted by atomic mass is 10.3. The van der Waals surface area contributed by atoms with Crippen LogP contribution in [0.1, 0.15) is 10.5 Å². The summed E-state index contributed by atoms with van der Waals surface area (Å²) < 4.78 is 7.23. The summed E-state index contributed by atoms with van der Waals surface area (Å²) in [5.41, 5.74) is 1.56. The molecule has 5 nitrogen and oxygen atoms in total. The highest BCUT2D eigenvalue weighted by molar-refractivity contribution is 7.98. The third-order valence-corrected chi connectivity index (χ3v) is 4.10. The van der Waals surface area contributed by atoms with Gasteiger partial charge < -0.3 is 9.64 Å². The molecule has 1 aromatic heterocycles. The first-order valence-electron chi connectivity index (χ1n) is 6.85. The van der Waals surface area contributed by atoms with Crippen LogP contribution in [0.25, 0.3) is 5.69 Å². The van der Waals surface area contributed by atoms with Crippen molar-refractivity contribution in [1.82, 2.24) is 14.5 Å². The van der Waals surface area contributed by atoms with Crippen molar-refractivity contribution in [2.24, 2.45) is 0 Å². The van der Waals surface area contributed by atoms with Gasteiger partial charge in [0.15, 0.2) is 5.16 Å². The van der Waals surface area contributed by atoms with E-state index in [0.717, 1.165) is 10.8 Å². The summed E-state index contributed by atoms with van der Waals surface area (Å²) in [4.78, 5) is 18.9. The van der Waals surface area contributed by atoms with Gasteiger partial charge in [-0.25, -0.2) is 4.98 Å². The number of aromatic nitrogens is 2. The van der Waals surface area contributed by atoms with Gasteiger partial charge >= 0.3 is 0 Å². The van der Waals surface area contributed by atoms with Crippen LogP contribution in [0, 0.1) is 0 Å². The first-order valence-corrected chi connectivity index (χ1v) is 8.08. The van der Waals surface area contributed by atoms with E-state index in [1.165, 1.54) is 11.8 Å². The molecule has 0 saturated carbocycles. The molecule has 1 saturated heterocycles. The van der Waals surface area contributed by atoms with Gasteiger partial charge in [-0.2, -0.15) is 0 Å². The number of ether oxygens (including phenoxy) is 1. The maximum atomic E-state index is 12.7. The quantitative estimate of drug-likeness (QED) is 0.814. The van der Waals surface area contributed by atoms with Crippen LogP contribution in [0.15, 0.2) is 41.7 Å². The Morgan fingerprint density at radius 1 is 1.24 bits per heavy atom. The van der Waals surface area contributed by atoms with Crippen LogP contribution < -0.4 is 0 Å². The fourth-order valence-electron chi connectivity index (χ4n) is 2.38. The Bertz CT molecular complexity index is 621. The fourth-order valence-corrected chi connectivity index (χ4v) is 2.93. The lowest BCUT2D eigenvalue weighted by Gasteiger charge is -2.27. The number of hydrogen-bond acceptors (Lipinski definition) is 4. The molecular formula is C15H17N3O2S. The van der Waals surface area contributed by atoms with Gasteiger partial charge in [-0.15, -0.1) is 0 Å². The number of rotatable bonds is 3. The third kappa shape index (κ3) is 2.82. The van der Waals surface area contributed by atoms with E-state index in [9.17, 15) is 4.79 Å². The number of nitrogens with zero attached hydrogens (tertiary/aromatic N) is 3. The highest BCUT2D eigenvalue weighted by Crippen LogP contribution is 2.22. The number of benzene rings is 1. The molecule has 21 heavy (non-hydrogen) atoms. The zero-order chi connectivity index (χ0) is 14.7. The van der Waals surface area contributed by atoms with Crippen molar-refractivity contribution in [2.75, 3.05) is 32.6 Å². The summed E-state index contributed by atoms with van der Waals surface area (Å²) in [5, 5.41) is 0.817. The standard InChI is InChI=1S/C15H17N3O2S/c1-21-15-16-11-13(14(19)17-7-9-20-10-8-17)18(15)12-5-3-2-4-6-12/h2-6,11H,7-10H2,1H3. The topological polar surface area (TPSA) is 47.4 Å². The number of hydrogen-bond donors (Lipinski definition) is 0. The Morgan fingerprint density at radius 3 is 2.62 bits per heavy atom. The molecule has 6 heteroatoms. The van der Waals surface area contributed by atoms with Crippen LogP contribution in [-0.4, -0.2) is 52.9 Å². The Morgan fingerprint density at radius 2 is 1.95 bits per heavy atom. The van der Waals surface area contributed by atoms with E-state index in [1.54, 1.807) is 6.20 Å². The van der Waals surface area contributed by atoms with Crippen LogP contribution in [0.3, 0.4) is 0 Å². The van der Waals surface area contributed by atoms with Crippen molar-refractivity contribution >= 4 is 17.7 Å². The molecule has 0 aliphatic carbocycles. The van der Waals surface area contributed by atoms with Crippen molar-refractivity contribution in [1.29, 1.82) is 0 Å². The molecule has 1 aliphatic rings. The molecule has 0 spiro atoms. The molecule has 1 fully saturated rings. The second kappa shape index (κ2) is 6.32. The van der Waals surface area contributed by atoms with Gasteiger partial charge in [0.25, 0.3) is 5.91 Å². The molecule has 0 unspecified atom stereocenters. The van der Waals surface area contributed by atoms with E-state index in [4.69, 9.17) is 4.74 Å². The molecule has 3 rings (SSSR count). The predicted octanol–water partition coefficient (Wildman–Crippen LogP) is 2.07. The monoisotopic (exact) mass is 303 g/mol. The molecule has 0 radical (unpaired) electrons. The smallest absolute Gasteiger partial charge is 0.272 e. The van der Waals surface area contributed by atoms with Crippen molar-refractivity contribution in [3.05, 3.63) is 42.2 Å². The normalized spacial score (nSPS) is 15.2. The summed E-state index contributed by atoms with van der Waals surface area (Å²) in [6, 6.07) is 9.85. The van der Waals surface area contributed by atoms with Gasteiger partial charge in [0, 0.05) is 18.8 Å². The minimum absolute atomic E-state index is 0.00922. The van der Waals surface area contributed by atoms with E-state index < -0.39 is 0 Å². The maximum Gasteiger partial charge on any atom is 0.272 e. The first kappa shape index (κ1) is 14.2. The van der Waals surface area contributed by atoms with Crippen LogP contribution in [0.5, 0.6) is 0 Å². The second-order valence-electron chi connectivity index (χ2n) is 4.71. The van der Waals surface area contributed by atoms with E-state index in [-0.39, 0.29) is 5.91 Å². The summed E-state index contributed by atoms with van der Waals surface area (Å²) >= 11 is 1.53. The zero-order valence-electron chi connectivity index (χ0n) is 11.9. The minimum atomic E-state index is 0.00922. The Balaban J connectivity index is 1.99. The third-order valence-electron chi connectivity index (χ3n) is 3.44. The maximum absolute atomic E-state index is 12.7. The average Bonchev–Trinajstić information content (AvgIpc) is 2.99. The molecule has 2 heterocycles. The minimum Gasteiger partial charge on any atom is -0.378 e. The van der Waals surface area contributed by atoms with Crippen LogP contribution >= 0.6 is 11.8 Å². The van der Waals surface area contributed by atoms with E-state index in [2.05, 4.69) is 4.98 Å². The van der Waals surface area contributed by atoms with Gasteiger partial charge in [-0.1, -0.05) is 30.0 Å². The fraction of sp³-hybridized carbons (Fsp3) is 0.333. The predicted molar refractivity (Wildman–Crippen MR) is 82.1 cm³/mol. The average molecular weight is 303 g/mol. The number of carbonyl (C=O) groups excluding carboxylic acids is 1. The van der Waals surface area contributed by atoms with Crippen molar-refractivity contribution in [3.63, 3.8) is 0 Å². The number of thioether (sulfide) groups is 1. The van der Waals surface area contributed by atoms with Crippen molar-refractivity contribution in [3.8, 4) is 5.69 Å². The SMILES string of the molecule is CSc1ncc(C(=O)N2CCOCC2)n1-c1ccccc1. The second-order valence-corrected chi connectivity index (χ2v) is 5.48. The Labute approximate surface area is 127 Å². The molecule has 1 aliphatic heterocycles. The van der Waals surface area contributed by atoms with Crippen LogP contribution in [0.4, 0.5) is 0 Å². The molecule has 1 amide bonds. The van der Waals surface area contributed by atoms with E-state index in [1.807, 2.05) is 46.1 Å². The number of para-hydroxylation sites is 1. The molecule has 0 N–H and O–H groups in total. The van der Waals surface area contributed by atoms with Gasteiger partial charge in [-0.05, 0) is 18.4 Å². The van der Waals surface area contributed by atoms with E-state index in [0.29, 0.717) is 32.0 Å². The summed E-state index contributed by atoms with van der Waals surface area (Å²) in [7, 11) is 0. The number of morpholine rings is 1. The molecule has 0 atom stereocenters. The van der Waals surface area contributed by atoms with E-state index >= 15 is 0 Å².